The quantitative estimate of drug-likeness (QED) is 0.120. The second kappa shape index (κ2) is 24.6. The minimum atomic E-state index is 0.429. The van der Waals surface area contributed by atoms with Crippen molar-refractivity contribution >= 4 is 43.6 Å². The van der Waals surface area contributed by atoms with Crippen molar-refractivity contribution < 1.29 is 0 Å². The summed E-state index contributed by atoms with van der Waals surface area (Å²) in [4.78, 5) is 16.3. The topological polar surface area (TPSA) is 120 Å². The van der Waals surface area contributed by atoms with Crippen LogP contribution < -0.4 is 0 Å². The first-order valence-electron chi connectivity index (χ1n) is 32.5. The van der Waals surface area contributed by atoms with Gasteiger partial charge in [-0.1, -0.05) is 212 Å². The van der Waals surface area contributed by atoms with Gasteiger partial charge in [-0.2, -0.15) is 15.8 Å². The molecule has 0 N–H and O–H groups in total. The van der Waals surface area contributed by atoms with E-state index in [1.807, 2.05) is 109 Å². The Morgan fingerprint density at radius 1 is 0.214 bits per heavy atom. The molecule has 0 atom stereocenters. The van der Waals surface area contributed by atoms with Crippen molar-refractivity contribution in [1.29, 1.82) is 15.8 Å². The summed E-state index contributed by atoms with van der Waals surface area (Å²) < 4.78 is 4.68. The van der Waals surface area contributed by atoms with Crippen molar-refractivity contribution in [2.75, 3.05) is 0 Å². The van der Waals surface area contributed by atoms with Crippen molar-refractivity contribution in [3.63, 3.8) is 0 Å². The SMILES string of the molecule is N#Cc1cccc(-c2cc(-c3nc(-c4ccc(-c5ccccc5C#N)cc4)nc(-c4ccc(-n5c6ccc(-c7ccccc7)cc6c6cc(-c7ccccc7)ccc65)c(-c5cccc(C#N)c5)c4)n3)ccc2-n2c3ccc(-c4ccccc4)cc3c3cc(-c4ccccc4)ccc32)c1. The third kappa shape index (κ3) is 10.5. The number of hydrogen-bond acceptors (Lipinski definition) is 6. The molecule has 98 heavy (non-hydrogen) atoms. The summed E-state index contributed by atoms with van der Waals surface area (Å²) in [7, 11) is 0. The summed E-state index contributed by atoms with van der Waals surface area (Å²) in [6.07, 6.45) is 0. The normalized spacial score (nSPS) is 11.2. The highest BCUT2D eigenvalue weighted by atomic mass is 15.0. The van der Waals surface area contributed by atoms with Crippen LogP contribution in [0.1, 0.15) is 16.7 Å². The van der Waals surface area contributed by atoms with Crippen molar-refractivity contribution in [1.82, 2.24) is 24.1 Å². The first kappa shape index (κ1) is 58.0. The van der Waals surface area contributed by atoms with Gasteiger partial charge >= 0.3 is 0 Å². The molecule has 0 unspecified atom stereocenters. The van der Waals surface area contributed by atoms with Crippen LogP contribution in [0.15, 0.2) is 328 Å². The fraction of sp³-hybridized carbons (Fsp3) is 0. The molecule has 0 saturated carbocycles. The number of hydrogen-bond donors (Lipinski definition) is 0. The van der Waals surface area contributed by atoms with Gasteiger partial charge < -0.3 is 9.13 Å². The van der Waals surface area contributed by atoms with Gasteiger partial charge in [0.25, 0.3) is 0 Å². The molecule has 0 radical (unpaired) electrons. The third-order valence-corrected chi connectivity index (χ3v) is 18.7. The Labute approximate surface area is 566 Å². The predicted octanol–water partition coefficient (Wildman–Crippen LogP) is 22.4. The van der Waals surface area contributed by atoms with Gasteiger partial charge in [-0.05, 0) is 182 Å². The van der Waals surface area contributed by atoms with E-state index < -0.39 is 0 Å². The van der Waals surface area contributed by atoms with E-state index in [4.69, 9.17) is 15.0 Å². The lowest BCUT2D eigenvalue weighted by Crippen LogP contribution is -2.03. The van der Waals surface area contributed by atoms with Crippen LogP contribution in [0.2, 0.25) is 0 Å². The first-order valence-corrected chi connectivity index (χ1v) is 32.5. The van der Waals surface area contributed by atoms with Gasteiger partial charge in [0.2, 0.25) is 0 Å². The minimum absolute atomic E-state index is 0.429. The largest absolute Gasteiger partial charge is 0.309 e. The lowest BCUT2D eigenvalue weighted by atomic mass is 9.97. The average Bonchev–Trinajstić information content (AvgIpc) is 1.58. The van der Waals surface area contributed by atoms with E-state index in [1.165, 1.54) is 0 Å². The summed E-state index contributed by atoms with van der Waals surface area (Å²) in [6.45, 7) is 0. The molecular weight excluding hydrogens is 1190 g/mol. The monoisotopic (exact) mass is 1250 g/mol. The van der Waals surface area contributed by atoms with Crippen molar-refractivity contribution in [2.24, 2.45) is 0 Å². The molecule has 0 aliphatic heterocycles. The smallest absolute Gasteiger partial charge is 0.164 e. The maximum absolute atomic E-state index is 10.5. The first-order chi connectivity index (χ1) is 48.4. The van der Waals surface area contributed by atoms with Crippen LogP contribution in [0.25, 0.3) is 167 Å². The molecule has 17 aromatic rings. The van der Waals surface area contributed by atoms with Gasteiger partial charge in [-0.25, -0.2) is 15.0 Å². The van der Waals surface area contributed by atoms with Crippen LogP contribution in [-0.2, 0) is 0 Å². The number of rotatable bonds is 12. The number of nitriles is 3. The summed E-state index contributed by atoms with van der Waals surface area (Å²) in [5.74, 6) is 1.30. The highest BCUT2D eigenvalue weighted by Gasteiger charge is 2.24. The van der Waals surface area contributed by atoms with Gasteiger partial charge in [0, 0.05) is 49.4 Å². The van der Waals surface area contributed by atoms with Gasteiger partial charge in [0.05, 0.1) is 68.3 Å². The molecule has 0 aliphatic carbocycles. The zero-order valence-electron chi connectivity index (χ0n) is 52.8. The molecule has 14 aromatic carbocycles. The molecular formula is C90H54N8. The number of fused-ring (bicyclic) bond motifs is 6. The molecule has 8 nitrogen and oxygen atoms in total. The maximum Gasteiger partial charge on any atom is 0.164 e. The molecule has 0 aliphatic rings. The van der Waals surface area contributed by atoms with E-state index in [0.717, 1.165) is 150 Å². The zero-order chi connectivity index (χ0) is 65.6. The van der Waals surface area contributed by atoms with Gasteiger partial charge in [-0.15, -0.1) is 0 Å². The van der Waals surface area contributed by atoms with Crippen molar-refractivity contribution in [2.45, 2.75) is 0 Å². The lowest BCUT2D eigenvalue weighted by Gasteiger charge is -2.17. The van der Waals surface area contributed by atoms with Crippen molar-refractivity contribution in [3.05, 3.63) is 344 Å². The van der Waals surface area contributed by atoms with E-state index in [2.05, 4.69) is 246 Å². The Morgan fingerprint density at radius 3 is 0.898 bits per heavy atom. The van der Waals surface area contributed by atoms with E-state index in [-0.39, 0.29) is 0 Å². The number of aromatic nitrogens is 5. The number of benzene rings is 14. The lowest BCUT2D eigenvalue weighted by molar-refractivity contribution is 1.07. The molecule has 17 rings (SSSR count). The molecule has 0 saturated heterocycles. The average molecular weight is 1250 g/mol. The molecule has 0 amide bonds. The summed E-state index contributed by atoms with van der Waals surface area (Å²) in [6, 6.07) is 120. The molecule has 0 bridgehead atoms. The van der Waals surface area contributed by atoms with Crippen LogP contribution in [0.5, 0.6) is 0 Å². The zero-order valence-corrected chi connectivity index (χ0v) is 52.8. The predicted molar refractivity (Wildman–Crippen MR) is 397 cm³/mol. The fourth-order valence-electron chi connectivity index (χ4n) is 13.9. The van der Waals surface area contributed by atoms with E-state index in [1.54, 1.807) is 0 Å². The highest BCUT2D eigenvalue weighted by molar-refractivity contribution is 6.14. The highest BCUT2D eigenvalue weighted by Crippen LogP contribution is 2.44. The maximum atomic E-state index is 10.5. The van der Waals surface area contributed by atoms with Gasteiger partial charge in [0.1, 0.15) is 0 Å². The molecule has 0 spiro atoms. The third-order valence-electron chi connectivity index (χ3n) is 18.7. The fourth-order valence-corrected chi connectivity index (χ4v) is 13.9. The van der Waals surface area contributed by atoms with Crippen LogP contribution in [0.4, 0.5) is 0 Å². The molecule has 3 aromatic heterocycles. The Kier molecular flexibility index (Phi) is 14.5. The second-order valence-corrected chi connectivity index (χ2v) is 24.5. The van der Waals surface area contributed by atoms with Crippen LogP contribution in [-0.4, -0.2) is 24.1 Å². The minimum Gasteiger partial charge on any atom is -0.309 e. The van der Waals surface area contributed by atoms with E-state index in [0.29, 0.717) is 34.2 Å². The molecule has 454 valence electrons. The van der Waals surface area contributed by atoms with Crippen molar-refractivity contribution in [3.8, 4) is 142 Å². The van der Waals surface area contributed by atoms with Gasteiger partial charge in [0.15, 0.2) is 17.5 Å². The Balaban J connectivity index is 0.883. The second-order valence-electron chi connectivity index (χ2n) is 24.5. The van der Waals surface area contributed by atoms with Crippen LogP contribution >= 0.6 is 0 Å². The standard InChI is InChI=1S/C90H54N8/c91-55-58-17-15-28-70(47-58)76-53-72(39-45-82(76)97-84-41-35-66(60-19-5-1-6-20-60)49-78(84)79-50-67(36-42-85(79)97)61-21-7-2-8-22-61)89-94-88(65-33-31-64(32-34-65)75-30-14-13-27-74(75)57-93)95-90(96-89)73-40-46-83(77(54-73)71-29-16-18-59(48-71)56-92)98-86-43-37-68(62-23-9-3-10-24-62)51-80(86)81-52-69(38-44-87(81)98)63-25-11-4-12-26-63/h1-54H. The summed E-state index contributed by atoms with van der Waals surface area (Å²) >= 11 is 0. The number of nitrogens with zero attached hydrogens (tertiary/aromatic N) is 8. The van der Waals surface area contributed by atoms with Crippen LogP contribution in [0, 0.1) is 34.0 Å². The Hall–Kier alpha value is -13.8. The Bertz CT molecular complexity index is 5610. The molecule has 3 heterocycles. The molecule has 8 heteroatoms. The Morgan fingerprint density at radius 2 is 0.531 bits per heavy atom. The van der Waals surface area contributed by atoms with E-state index >= 15 is 0 Å². The summed E-state index contributed by atoms with van der Waals surface area (Å²) in [5.41, 5.74) is 23.8. The van der Waals surface area contributed by atoms with E-state index in [9.17, 15) is 15.8 Å². The van der Waals surface area contributed by atoms with Crippen LogP contribution in [0.3, 0.4) is 0 Å². The summed E-state index contributed by atoms with van der Waals surface area (Å²) in [5, 5.41) is 35.5. The molecule has 0 fully saturated rings. The van der Waals surface area contributed by atoms with Gasteiger partial charge in [-0.3, -0.25) is 0 Å².